The highest BCUT2D eigenvalue weighted by atomic mass is 16.5. The topological polar surface area (TPSA) is 92.7 Å². The number of rotatable bonds is 5. The Kier molecular flexibility index (Phi) is 5.46. The lowest BCUT2D eigenvalue weighted by molar-refractivity contribution is -0.134. The number of aliphatic carboxylic acids is 1. The van der Waals surface area contributed by atoms with E-state index in [0.29, 0.717) is 16.9 Å². The molecule has 0 fully saturated rings. The van der Waals surface area contributed by atoms with Crippen molar-refractivity contribution in [2.45, 2.75) is 6.92 Å². The Morgan fingerprint density at radius 3 is 2.17 bits per heavy atom. The number of hydrogen-bond donors (Lipinski definition) is 2. The molecule has 1 amide bonds. The van der Waals surface area contributed by atoms with Gasteiger partial charge in [0.15, 0.2) is 0 Å². The molecule has 0 heterocycles. The molecule has 2 N–H and O–H groups in total. The molecule has 0 unspecified atom stereocenters. The average Bonchev–Trinajstić information content (AvgIpc) is 2.56. The molecule has 6 nitrogen and oxygen atoms in total. The SMILES string of the molecule is CC(=O)N/C(=C/c1ccc(OC(=O)c2ccccc2)cc1)C(=O)O. The standard InChI is InChI=1S/C18H15NO5/c1-12(20)19-16(17(21)22)11-13-7-9-15(10-8-13)24-18(23)14-5-3-2-4-6-14/h2-11H,1H3,(H,19,20)(H,21,22)/b16-11+. The van der Waals surface area contributed by atoms with Crippen molar-refractivity contribution in [2.75, 3.05) is 0 Å². The largest absolute Gasteiger partial charge is 0.477 e. The summed E-state index contributed by atoms with van der Waals surface area (Å²) in [6, 6.07) is 14.8. The molecule has 0 atom stereocenters. The van der Waals surface area contributed by atoms with E-state index in [-0.39, 0.29) is 5.70 Å². The van der Waals surface area contributed by atoms with Crippen LogP contribution in [0.1, 0.15) is 22.8 Å². The molecule has 24 heavy (non-hydrogen) atoms. The fraction of sp³-hybridized carbons (Fsp3) is 0.0556. The number of benzene rings is 2. The molecule has 0 spiro atoms. The molecular weight excluding hydrogens is 310 g/mol. The molecule has 6 heteroatoms. The number of hydrogen-bond acceptors (Lipinski definition) is 4. The van der Waals surface area contributed by atoms with Gasteiger partial charge < -0.3 is 15.2 Å². The normalized spacial score (nSPS) is 10.8. The maximum absolute atomic E-state index is 11.9. The number of amides is 1. The predicted octanol–water partition coefficient (Wildman–Crippen LogP) is 2.47. The van der Waals surface area contributed by atoms with Crippen molar-refractivity contribution in [2.24, 2.45) is 0 Å². The Labute approximate surface area is 138 Å². The van der Waals surface area contributed by atoms with Crippen molar-refractivity contribution >= 4 is 23.9 Å². The van der Waals surface area contributed by atoms with Crippen LogP contribution in [0.25, 0.3) is 6.08 Å². The molecule has 0 aliphatic rings. The van der Waals surface area contributed by atoms with Crippen LogP contribution in [-0.2, 0) is 9.59 Å². The first-order valence-corrected chi connectivity index (χ1v) is 7.05. The third-order valence-electron chi connectivity index (χ3n) is 2.95. The zero-order valence-electron chi connectivity index (χ0n) is 12.9. The molecule has 2 aromatic rings. The fourth-order valence-electron chi connectivity index (χ4n) is 1.88. The lowest BCUT2D eigenvalue weighted by atomic mass is 10.2. The minimum absolute atomic E-state index is 0.239. The highest BCUT2D eigenvalue weighted by molar-refractivity contribution is 5.96. The van der Waals surface area contributed by atoms with Crippen molar-refractivity contribution in [3.05, 3.63) is 71.4 Å². The van der Waals surface area contributed by atoms with Crippen LogP contribution in [0, 0.1) is 0 Å². The van der Waals surface area contributed by atoms with E-state index in [9.17, 15) is 14.4 Å². The first kappa shape index (κ1) is 17.0. The van der Waals surface area contributed by atoms with Crippen molar-refractivity contribution in [3.63, 3.8) is 0 Å². The van der Waals surface area contributed by atoms with Gasteiger partial charge in [-0.25, -0.2) is 9.59 Å². The van der Waals surface area contributed by atoms with Gasteiger partial charge in [0.25, 0.3) is 0 Å². The van der Waals surface area contributed by atoms with Gasteiger partial charge in [-0.05, 0) is 35.9 Å². The van der Waals surface area contributed by atoms with Crippen LogP contribution < -0.4 is 10.1 Å². The Hall–Kier alpha value is -3.41. The molecular formula is C18H15NO5. The van der Waals surface area contributed by atoms with E-state index >= 15 is 0 Å². The summed E-state index contributed by atoms with van der Waals surface area (Å²) in [6.45, 7) is 1.23. The zero-order chi connectivity index (χ0) is 17.5. The van der Waals surface area contributed by atoms with Crippen molar-refractivity contribution in [3.8, 4) is 5.75 Å². The smallest absolute Gasteiger partial charge is 0.352 e. The van der Waals surface area contributed by atoms with E-state index < -0.39 is 17.8 Å². The number of nitrogens with one attached hydrogen (secondary N) is 1. The van der Waals surface area contributed by atoms with Crippen LogP contribution in [-0.4, -0.2) is 23.0 Å². The van der Waals surface area contributed by atoms with Gasteiger partial charge in [0.2, 0.25) is 5.91 Å². The lowest BCUT2D eigenvalue weighted by Gasteiger charge is -2.06. The Bertz CT molecular complexity index is 779. The fourth-order valence-corrected chi connectivity index (χ4v) is 1.88. The summed E-state index contributed by atoms with van der Waals surface area (Å²) in [4.78, 5) is 34.0. The molecule has 0 aliphatic carbocycles. The second-order valence-electron chi connectivity index (χ2n) is 4.87. The predicted molar refractivity (Wildman–Crippen MR) is 87.3 cm³/mol. The molecule has 0 radical (unpaired) electrons. The summed E-state index contributed by atoms with van der Waals surface area (Å²) in [6.07, 6.45) is 1.31. The summed E-state index contributed by atoms with van der Waals surface area (Å²) < 4.78 is 5.23. The van der Waals surface area contributed by atoms with E-state index in [1.54, 1.807) is 54.6 Å². The summed E-state index contributed by atoms with van der Waals surface area (Å²) in [5.74, 6) is -1.87. The van der Waals surface area contributed by atoms with Crippen molar-refractivity contribution in [1.82, 2.24) is 5.32 Å². The number of ether oxygens (including phenoxy) is 1. The van der Waals surface area contributed by atoms with Gasteiger partial charge in [-0.1, -0.05) is 30.3 Å². The van der Waals surface area contributed by atoms with E-state index in [0.717, 1.165) is 0 Å². The second kappa shape index (κ2) is 7.73. The van der Waals surface area contributed by atoms with Crippen molar-refractivity contribution in [1.29, 1.82) is 0 Å². The maximum atomic E-state index is 11.9. The molecule has 0 bridgehead atoms. The summed E-state index contributed by atoms with van der Waals surface area (Å²) in [7, 11) is 0. The minimum atomic E-state index is -1.25. The zero-order valence-corrected chi connectivity index (χ0v) is 12.9. The van der Waals surface area contributed by atoms with Gasteiger partial charge in [0.1, 0.15) is 11.4 Å². The van der Waals surface area contributed by atoms with E-state index in [1.165, 1.54) is 13.0 Å². The van der Waals surface area contributed by atoms with Crippen LogP contribution in [0.2, 0.25) is 0 Å². The molecule has 0 saturated carbocycles. The van der Waals surface area contributed by atoms with Crippen LogP contribution >= 0.6 is 0 Å². The second-order valence-corrected chi connectivity index (χ2v) is 4.87. The number of esters is 1. The van der Waals surface area contributed by atoms with Crippen LogP contribution in [0.5, 0.6) is 5.75 Å². The van der Waals surface area contributed by atoms with Gasteiger partial charge in [-0.15, -0.1) is 0 Å². The summed E-state index contributed by atoms with van der Waals surface area (Å²) >= 11 is 0. The van der Waals surface area contributed by atoms with E-state index in [4.69, 9.17) is 9.84 Å². The molecule has 2 rings (SSSR count). The van der Waals surface area contributed by atoms with Gasteiger partial charge >= 0.3 is 11.9 Å². The van der Waals surface area contributed by atoms with Gasteiger partial charge in [0.05, 0.1) is 5.56 Å². The van der Waals surface area contributed by atoms with E-state index in [1.807, 2.05) is 0 Å². The average molecular weight is 325 g/mol. The van der Waals surface area contributed by atoms with Gasteiger partial charge in [-0.3, -0.25) is 4.79 Å². The van der Waals surface area contributed by atoms with Crippen molar-refractivity contribution < 1.29 is 24.2 Å². The first-order valence-electron chi connectivity index (χ1n) is 7.05. The van der Waals surface area contributed by atoms with Crippen LogP contribution in [0.3, 0.4) is 0 Å². The number of carbonyl (C=O) groups excluding carboxylic acids is 2. The van der Waals surface area contributed by atoms with Gasteiger partial charge in [0, 0.05) is 6.92 Å². The highest BCUT2D eigenvalue weighted by Gasteiger charge is 2.10. The maximum Gasteiger partial charge on any atom is 0.352 e. The molecule has 0 aliphatic heterocycles. The number of carboxylic acid groups (broad SMARTS) is 1. The third kappa shape index (κ3) is 4.81. The molecule has 0 aromatic heterocycles. The summed E-state index contributed by atoms with van der Waals surface area (Å²) in [5.41, 5.74) is 0.734. The third-order valence-corrected chi connectivity index (χ3v) is 2.95. The Morgan fingerprint density at radius 2 is 1.62 bits per heavy atom. The van der Waals surface area contributed by atoms with Crippen LogP contribution in [0.15, 0.2) is 60.3 Å². The van der Waals surface area contributed by atoms with E-state index in [2.05, 4.69) is 5.32 Å². The number of carboxylic acids is 1. The Morgan fingerprint density at radius 1 is 1.00 bits per heavy atom. The quantitative estimate of drug-likeness (QED) is 0.500. The first-order chi connectivity index (χ1) is 11.5. The molecule has 0 saturated heterocycles. The summed E-state index contributed by atoms with van der Waals surface area (Å²) in [5, 5.41) is 11.3. The van der Waals surface area contributed by atoms with Crippen LogP contribution in [0.4, 0.5) is 0 Å². The minimum Gasteiger partial charge on any atom is -0.477 e. The molecule has 122 valence electrons. The number of carbonyl (C=O) groups is 3. The highest BCUT2D eigenvalue weighted by Crippen LogP contribution is 2.16. The monoisotopic (exact) mass is 325 g/mol. The lowest BCUT2D eigenvalue weighted by Crippen LogP contribution is -2.24. The molecule has 2 aromatic carbocycles. The Balaban J connectivity index is 2.11. The van der Waals surface area contributed by atoms with Gasteiger partial charge in [-0.2, -0.15) is 0 Å².